The number of nitrogens with zero attached hydrogens (tertiary/aromatic N) is 1. The minimum Gasteiger partial charge on any atom is -0.505 e. The molecule has 10 heteroatoms. The number of halogens is 4. The first-order valence-electron chi connectivity index (χ1n) is 7.99. The quantitative estimate of drug-likeness (QED) is 0.196. The monoisotopic (exact) mass is 488 g/mol. The molecule has 0 spiro atoms. The van der Waals surface area contributed by atoms with Gasteiger partial charge in [-0.1, -0.05) is 94.9 Å². The van der Waals surface area contributed by atoms with Gasteiger partial charge in [-0.15, -0.1) is 4.40 Å². The predicted octanol–water partition coefficient (Wildman–Crippen LogP) is 6.25. The highest BCUT2D eigenvalue weighted by molar-refractivity contribution is 7.90. The summed E-state index contributed by atoms with van der Waals surface area (Å²) in [6.45, 7) is 0. The second-order valence-corrected chi connectivity index (χ2v) is 8.81. The van der Waals surface area contributed by atoms with E-state index < -0.39 is 15.8 Å². The van der Waals surface area contributed by atoms with Crippen molar-refractivity contribution in [1.82, 2.24) is 0 Å². The first kappa shape index (κ1) is 21.7. The van der Waals surface area contributed by atoms with E-state index in [1.54, 1.807) is 48.5 Å². The highest BCUT2D eigenvalue weighted by Gasteiger charge is 2.23. The molecule has 3 rings (SSSR count). The van der Waals surface area contributed by atoms with E-state index >= 15 is 0 Å². The normalized spacial score (nSPS) is 12.1. The number of nitrogens with one attached hydrogen (secondary N) is 1. The van der Waals surface area contributed by atoms with Crippen LogP contribution in [0.15, 0.2) is 70.0 Å². The average molecular weight is 490 g/mol. The van der Waals surface area contributed by atoms with Crippen LogP contribution in [0.3, 0.4) is 0 Å². The Balaban J connectivity index is 2.18. The van der Waals surface area contributed by atoms with Crippen LogP contribution in [0, 0.1) is 0 Å². The van der Waals surface area contributed by atoms with Gasteiger partial charge in [-0.25, -0.2) is 0 Å². The van der Waals surface area contributed by atoms with Crippen molar-refractivity contribution >= 4 is 68.0 Å². The molecule has 0 bridgehead atoms. The van der Waals surface area contributed by atoms with Crippen LogP contribution >= 0.6 is 46.4 Å². The van der Waals surface area contributed by atoms with Gasteiger partial charge in [0.15, 0.2) is 11.6 Å². The average Bonchev–Trinajstić information content (AvgIpc) is 2.74. The molecule has 3 aromatic carbocycles. The number of anilines is 1. The molecule has 0 unspecified atom stereocenters. The summed E-state index contributed by atoms with van der Waals surface area (Å²) in [4.78, 5) is 0.00851. The molecule has 0 fully saturated rings. The molecule has 0 saturated carbocycles. The molecule has 0 radical (unpaired) electrons. The van der Waals surface area contributed by atoms with Crippen molar-refractivity contribution in [1.29, 1.82) is 0 Å². The van der Waals surface area contributed by atoms with E-state index in [0.717, 1.165) is 0 Å². The Hall–Kier alpha value is -1.96. The number of benzene rings is 3. The van der Waals surface area contributed by atoms with E-state index in [-0.39, 0.29) is 36.5 Å². The Morgan fingerprint density at radius 2 is 1.28 bits per heavy atom. The summed E-state index contributed by atoms with van der Waals surface area (Å²) >= 11 is 24.4. The van der Waals surface area contributed by atoms with Gasteiger partial charge in [-0.05, 0) is 12.1 Å². The first-order valence-corrected chi connectivity index (χ1v) is 10.9. The summed E-state index contributed by atoms with van der Waals surface area (Å²) in [7, 11) is -4.06. The van der Waals surface area contributed by atoms with E-state index in [4.69, 9.17) is 46.4 Å². The lowest BCUT2D eigenvalue weighted by Crippen LogP contribution is -2.17. The first-order chi connectivity index (χ1) is 13.7. The van der Waals surface area contributed by atoms with E-state index in [9.17, 15) is 13.5 Å². The fourth-order valence-corrected chi connectivity index (χ4v) is 4.29. The fourth-order valence-electron chi connectivity index (χ4n) is 2.36. The lowest BCUT2D eigenvalue weighted by molar-refractivity contribution is 0.476. The Bertz CT molecular complexity index is 1160. The summed E-state index contributed by atoms with van der Waals surface area (Å²) in [5, 5.41) is 11.9. The zero-order valence-electron chi connectivity index (χ0n) is 14.4. The van der Waals surface area contributed by atoms with Gasteiger partial charge in [-0.2, -0.15) is 8.42 Å². The number of sulfonamides is 1. The molecule has 0 aromatic heterocycles. The van der Waals surface area contributed by atoms with E-state index in [1.807, 2.05) is 0 Å². The zero-order valence-corrected chi connectivity index (χ0v) is 18.2. The van der Waals surface area contributed by atoms with Gasteiger partial charge in [0.1, 0.15) is 10.0 Å². The molecular formula is C19H12Cl4N2O3S. The SMILES string of the molecule is O=S(=O)(N=C(Nc1c(Cl)c(Cl)c(O)c(Cl)c1Cl)c1ccccc1)c1ccccc1. The van der Waals surface area contributed by atoms with Crippen molar-refractivity contribution in [2.45, 2.75) is 4.90 Å². The third-order valence-electron chi connectivity index (χ3n) is 3.78. The topological polar surface area (TPSA) is 78.8 Å². The van der Waals surface area contributed by atoms with Crippen LogP contribution in [0.2, 0.25) is 20.1 Å². The van der Waals surface area contributed by atoms with Crippen LogP contribution in [0.25, 0.3) is 0 Å². The third kappa shape index (κ3) is 4.63. The van der Waals surface area contributed by atoms with Crippen molar-refractivity contribution in [3.63, 3.8) is 0 Å². The summed E-state index contributed by atoms with van der Waals surface area (Å²) in [5.74, 6) is -0.542. The van der Waals surface area contributed by atoms with Gasteiger partial charge < -0.3 is 10.4 Å². The van der Waals surface area contributed by atoms with Gasteiger partial charge in [0, 0.05) is 5.56 Å². The minimum atomic E-state index is -4.06. The van der Waals surface area contributed by atoms with Crippen LogP contribution < -0.4 is 5.32 Å². The molecule has 0 saturated heterocycles. The number of hydrogen-bond donors (Lipinski definition) is 2. The molecule has 0 aliphatic carbocycles. The van der Waals surface area contributed by atoms with Crippen molar-refractivity contribution < 1.29 is 13.5 Å². The molecule has 0 heterocycles. The molecule has 0 aliphatic rings. The van der Waals surface area contributed by atoms with Gasteiger partial charge in [0.05, 0.1) is 20.6 Å². The summed E-state index contributed by atoms with van der Waals surface area (Å²) in [5.41, 5.74) is 0.450. The maximum atomic E-state index is 12.8. The largest absolute Gasteiger partial charge is 0.505 e. The maximum absolute atomic E-state index is 12.8. The molecule has 2 N–H and O–H groups in total. The maximum Gasteiger partial charge on any atom is 0.284 e. The Morgan fingerprint density at radius 1 is 0.793 bits per heavy atom. The number of rotatable bonds is 4. The van der Waals surface area contributed by atoms with Crippen molar-refractivity contribution in [3.8, 4) is 5.75 Å². The molecule has 0 amide bonds. The van der Waals surface area contributed by atoms with Crippen LogP contribution in [0.1, 0.15) is 5.56 Å². The van der Waals surface area contributed by atoms with Gasteiger partial charge in [0.2, 0.25) is 0 Å². The number of phenols is 1. The Kier molecular flexibility index (Phi) is 6.61. The predicted molar refractivity (Wildman–Crippen MR) is 118 cm³/mol. The smallest absolute Gasteiger partial charge is 0.284 e. The second kappa shape index (κ2) is 8.81. The number of amidine groups is 1. The summed E-state index contributed by atoms with van der Waals surface area (Å²) in [6.07, 6.45) is 0. The molecule has 3 aromatic rings. The zero-order chi connectivity index (χ0) is 21.2. The summed E-state index contributed by atoms with van der Waals surface area (Å²) in [6, 6.07) is 16.2. The van der Waals surface area contributed by atoms with Gasteiger partial charge in [0.25, 0.3) is 10.0 Å². The molecular weight excluding hydrogens is 478 g/mol. The summed E-state index contributed by atoms with van der Waals surface area (Å²) < 4.78 is 29.5. The van der Waals surface area contributed by atoms with Crippen molar-refractivity contribution in [2.24, 2.45) is 4.40 Å². The van der Waals surface area contributed by atoms with E-state index in [0.29, 0.717) is 5.56 Å². The second-order valence-electron chi connectivity index (χ2n) is 5.70. The van der Waals surface area contributed by atoms with E-state index in [1.165, 1.54) is 12.1 Å². The third-order valence-corrected chi connectivity index (χ3v) is 6.76. The number of hydrogen-bond acceptors (Lipinski definition) is 3. The van der Waals surface area contributed by atoms with E-state index in [2.05, 4.69) is 9.71 Å². The Morgan fingerprint density at radius 3 is 1.79 bits per heavy atom. The number of phenolic OH excluding ortho intramolecular Hbond substituents is 1. The molecule has 0 atom stereocenters. The minimum absolute atomic E-state index is 0.00648. The lowest BCUT2D eigenvalue weighted by Gasteiger charge is -2.16. The fraction of sp³-hybridized carbons (Fsp3) is 0. The number of aromatic hydroxyl groups is 1. The highest BCUT2D eigenvalue weighted by atomic mass is 35.5. The Labute approximate surface area is 187 Å². The highest BCUT2D eigenvalue weighted by Crippen LogP contribution is 2.48. The van der Waals surface area contributed by atoms with Crippen LogP contribution in [-0.2, 0) is 10.0 Å². The molecule has 0 aliphatic heterocycles. The van der Waals surface area contributed by atoms with Crippen molar-refractivity contribution in [3.05, 3.63) is 86.3 Å². The van der Waals surface area contributed by atoms with Gasteiger partial charge >= 0.3 is 0 Å². The molecule has 5 nitrogen and oxygen atoms in total. The lowest BCUT2D eigenvalue weighted by atomic mass is 10.2. The van der Waals surface area contributed by atoms with Crippen LogP contribution in [0.4, 0.5) is 5.69 Å². The van der Waals surface area contributed by atoms with Gasteiger partial charge in [-0.3, -0.25) is 0 Å². The molecule has 29 heavy (non-hydrogen) atoms. The standard InChI is InChI=1S/C19H12Cl4N2O3S/c20-13-15(22)18(26)16(23)14(21)17(13)24-19(11-7-3-1-4-8-11)25-29(27,28)12-9-5-2-6-10-12/h1-10,26H,(H,24,25). The molecule has 150 valence electrons. The van der Waals surface area contributed by atoms with Crippen LogP contribution in [-0.4, -0.2) is 19.4 Å². The van der Waals surface area contributed by atoms with Crippen LogP contribution in [0.5, 0.6) is 5.75 Å². The van der Waals surface area contributed by atoms with Crippen molar-refractivity contribution in [2.75, 3.05) is 5.32 Å².